The van der Waals surface area contributed by atoms with Gasteiger partial charge in [-0.25, -0.2) is 0 Å². The molecule has 3 rings (SSSR count). The summed E-state index contributed by atoms with van der Waals surface area (Å²) < 4.78 is 6.88. The van der Waals surface area contributed by atoms with Gasteiger partial charge in [0.2, 0.25) is 5.91 Å². The summed E-state index contributed by atoms with van der Waals surface area (Å²) in [6.07, 6.45) is 0.408. The molecular weight excluding hydrogens is 504 g/mol. The maximum Gasteiger partial charge on any atom is 0.261 e. The van der Waals surface area contributed by atoms with E-state index >= 15 is 0 Å². The summed E-state index contributed by atoms with van der Waals surface area (Å²) in [5.41, 5.74) is 4.02. The third kappa shape index (κ3) is 7.96. The van der Waals surface area contributed by atoms with Gasteiger partial charge in [-0.2, -0.15) is 0 Å². The first-order valence-corrected chi connectivity index (χ1v) is 12.6. The van der Waals surface area contributed by atoms with Crippen molar-refractivity contribution in [1.29, 1.82) is 0 Å². The number of halogens is 1. The van der Waals surface area contributed by atoms with Crippen LogP contribution in [0, 0.1) is 13.8 Å². The number of benzene rings is 3. The third-order valence-electron chi connectivity index (χ3n) is 5.65. The zero-order valence-corrected chi connectivity index (χ0v) is 22.3. The van der Waals surface area contributed by atoms with Gasteiger partial charge in [0.15, 0.2) is 6.61 Å². The molecular formula is C29H33BrN2O3. The summed E-state index contributed by atoms with van der Waals surface area (Å²) in [7, 11) is 0. The number of hydrogen-bond donors (Lipinski definition) is 1. The summed E-state index contributed by atoms with van der Waals surface area (Å²) >= 11 is 3.46. The van der Waals surface area contributed by atoms with Crippen LogP contribution >= 0.6 is 15.9 Å². The quantitative estimate of drug-likeness (QED) is 0.366. The summed E-state index contributed by atoms with van der Waals surface area (Å²) in [5.74, 6) is 0.243. The van der Waals surface area contributed by atoms with E-state index < -0.39 is 6.04 Å². The van der Waals surface area contributed by atoms with Crippen molar-refractivity contribution in [3.05, 3.63) is 99.5 Å². The Morgan fingerprint density at radius 1 is 0.943 bits per heavy atom. The van der Waals surface area contributed by atoms with Gasteiger partial charge in [0.05, 0.1) is 0 Å². The number of amides is 2. The van der Waals surface area contributed by atoms with Gasteiger partial charge in [-0.1, -0.05) is 76.1 Å². The highest BCUT2D eigenvalue weighted by atomic mass is 79.9. The first-order valence-electron chi connectivity index (χ1n) is 11.8. The van der Waals surface area contributed by atoms with Crippen LogP contribution in [0.5, 0.6) is 5.75 Å². The Labute approximate surface area is 216 Å². The van der Waals surface area contributed by atoms with Crippen molar-refractivity contribution < 1.29 is 14.3 Å². The number of hydrogen-bond acceptors (Lipinski definition) is 3. The molecule has 0 radical (unpaired) electrons. The minimum Gasteiger partial charge on any atom is -0.483 e. The fraction of sp³-hybridized carbons (Fsp3) is 0.310. The average Bonchev–Trinajstić information content (AvgIpc) is 2.82. The Morgan fingerprint density at radius 2 is 1.63 bits per heavy atom. The van der Waals surface area contributed by atoms with E-state index in [1.807, 2.05) is 100 Å². The Kier molecular flexibility index (Phi) is 9.49. The summed E-state index contributed by atoms with van der Waals surface area (Å²) in [5, 5.41) is 3.00. The number of carbonyl (C=O) groups is 2. The number of rotatable bonds is 10. The second-order valence-electron chi connectivity index (χ2n) is 9.07. The molecule has 1 unspecified atom stereocenters. The molecule has 1 atom stereocenters. The van der Waals surface area contributed by atoms with Crippen LogP contribution in [-0.2, 0) is 22.6 Å². The normalized spacial score (nSPS) is 11.7. The fourth-order valence-corrected chi connectivity index (χ4v) is 4.17. The van der Waals surface area contributed by atoms with E-state index in [0.717, 1.165) is 26.7 Å². The Hall–Kier alpha value is -3.12. The monoisotopic (exact) mass is 536 g/mol. The molecule has 3 aromatic rings. The molecule has 0 aliphatic carbocycles. The second kappa shape index (κ2) is 12.5. The first-order chi connectivity index (χ1) is 16.7. The highest BCUT2D eigenvalue weighted by Crippen LogP contribution is 2.21. The minimum absolute atomic E-state index is 0.0446. The van der Waals surface area contributed by atoms with E-state index in [2.05, 4.69) is 21.2 Å². The van der Waals surface area contributed by atoms with Crippen molar-refractivity contribution in [3.63, 3.8) is 0 Å². The highest BCUT2D eigenvalue weighted by molar-refractivity contribution is 9.10. The summed E-state index contributed by atoms with van der Waals surface area (Å²) in [6, 6.07) is 22.7. The molecule has 0 spiro atoms. The van der Waals surface area contributed by atoms with Crippen LogP contribution in [0.3, 0.4) is 0 Å². The lowest BCUT2D eigenvalue weighted by molar-refractivity contribution is -0.143. The Balaban J connectivity index is 1.91. The molecule has 0 aliphatic heterocycles. The van der Waals surface area contributed by atoms with Crippen LogP contribution in [0.4, 0.5) is 0 Å². The van der Waals surface area contributed by atoms with Gasteiger partial charge in [0, 0.05) is 23.5 Å². The minimum atomic E-state index is -0.682. The van der Waals surface area contributed by atoms with Crippen LogP contribution in [0.25, 0.3) is 0 Å². The molecule has 1 N–H and O–H groups in total. The molecule has 0 fully saturated rings. The standard InChI is InChI=1S/C29H33BrN2O3/c1-20(2)31-29(34)26(17-23-8-6-5-7-9-23)32(18-24-11-13-25(30)14-12-24)28(33)19-35-27-15-10-21(3)16-22(27)4/h5-16,20,26H,17-19H2,1-4H3,(H,31,34). The first kappa shape index (κ1) is 26.5. The molecule has 6 heteroatoms. The van der Waals surface area contributed by atoms with Crippen LogP contribution in [0.15, 0.2) is 77.3 Å². The summed E-state index contributed by atoms with van der Waals surface area (Å²) in [6.45, 7) is 7.96. The van der Waals surface area contributed by atoms with Crippen LogP contribution in [0.1, 0.15) is 36.1 Å². The van der Waals surface area contributed by atoms with Gasteiger partial charge in [0.25, 0.3) is 5.91 Å². The van der Waals surface area contributed by atoms with E-state index in [1.54, 1.807) is 4.90 Å². The highest BCUT2D eigenvalue weighted by Gasteiger charge is 2.31. The zero-order chi connectivity index (χ0) is 25.4. The van der Waals surface area contributed by atoms with E-state index in [1.165, 1.54) is 0 Å². The fourth-order valence-electron chi connectivity index (χ4n) is 3.90. The van der Waals surface area contributed by atoms with Gasteiger partial charge in [-0.05, 0) is 62.6 Å². The van der Waals surface area contributed by atoms with Crippen molar-refractivity contribution in [3.8, 4) is 5.75 Å². The van der Waals surface area contributed by atoms with E-state index in [0.29, 0.717) is 18.7 Å². The third-order valence-corrected chi connectivity index (χ3v) is 6.18. The smallest absolute Gasteiger partial charge is 0.261 e. The Morgan fingerprint density at radius 3 is 2.26 bits per heavy atom. The molecule has 35 heavy (non-hydrogen) atoms. The molecule has 0 bridgehead atoms. The maximum atomic E-state index is 13.6. The largest absolute Gasteiger partial charge is 0.483 e. The van der Waals surface area contributed by atoms with Crippen molar-refractivity contribution >= 4 is 27.7 Å². The SMILES string of the molecule is Cc1ccc(OCC(=O)N(Cc2ccc(Br)cc2)C(Cc2ccccc2)C(=O)NC(C)C)c(C)c1. The molecule has 0 heterocycles. The predicted octanol–water partition coefficient (Wildman–Crippen LogP) is 5.61. The van der Waals surface area contributed by atoms with E-state index in [-0.39, 0.29) is 24.5 Å². The number of nitrogens with one attached hydrogen (secondary N) is 1. The lowest BCUT2D eigenvalue weighted by Crippen LogP contribution is -2.52. The van der Waals surface area contributed by atoms with E-state index in [9.17, 15) is 9.59 Å². The van der Waals surface area contributed by atoms with Gasteiger partial charge >= 0.3 is 0 Å². The average molecular weight is 537 g/mol. The van der Waals surface area contributed by atoms with Crippen molar-refractivity contribution in [2.45, 2.75) is 52.7 Å². The van der Waals surface area contributed by atoms with Crippen LogP contribution < -0.4 is 10.1 Å². The van der Waals surface area contributed by atoms with Gasteiger partial charge < -0.3 is 15.0 Å². The van der Waals surface area contributed by atoms with Crippen LogP contribution in [-0.4, -0.2) is 35.4 Å². The molecule has 0 saturated heterocycles. The van der Waals surface area contributed by atoms with Gasteiger partial charge in [-0.15, -0.1) is 0 Å². The number of nitrogens with zero attached hydrogens (tertiary/aromatic N) is 1. The number of aryl methyl sites for hydroxylation is 2. The topological polar surface area (TPSA) is 58.6 Å². The molecule has 184 valence electrons. The van der Waals surface area contributed by atoms with E-state index in [4.69, 9.17) is 4.74 Å². The van der Waals surface area contributed by atoms with Crippen molar-refractivity contribution in [2.75, 3.05) is 6.61 Å². The zero-order valence-electron chi connectivity index (χ0n) is 20.8. The van der Waals surface area contributed by atoms with Gasteiger partial charge in [-0.3, -0.25) is 9.59 Å². The lowest BCUT2D eigenvalue weighted by atomic mass is 10.0. The van der Waals surface area contributed by atoms with Gasteiger partial charge in [0.1, 0.15) is 11.8 Å². The Bertz CT molecular complexity index is 1130. The molecule has 5 nitrogen and oxygen atoms in total. The molecule has 0 aromatic heterocycles. The maximum absolute atomic E-state index is 13.6. The molecule has 2 amide bonds. The lowest BCUT2D eigenvalue weighted by Gasteiger charge is -2.32. The molecule has 3 aromatic carbocycles. The van der Waals surface area contributed by atoms with Crippen molar-refractivity contribution in [2.24, 2.45) is 0 Å². The second-order valence-corrected chi connectivity index (χ2v) is 9.99. The van der Waals surface area contributed by atoms with Crippen molar-refractivity contribution in [1.82, 2.24) is 10.2 Å². The predicted molar refractivity (Wildman–Crippen MR) is 143 cm³/mol. The summed E-state index contributed by atoms with van der Waals surface area (Å²) in [4.78, 5) is 28.6. The molecule has 0 saturated carbocycles. The number of ether oxygens (including phenoxy) is 1. The van der Waals surface area contributed by atoms with Crippen LogP contribution in [0.2, 0.25) is 0 Å². The molecule has 0 aliphatic rings. The number of carbonyl (C=O) groups excluding carboxylic acids is 2.